The molecule has 1 saturated heterocycles. The van der Waals surface area contributed by atoms with Crippen LogP contribution in [0.3, 0.4) is 0 Å². The van der Waals surface area contributed by atoms with Crippen LogP contribution < -0.4 is 18.9 Å². The first kappa shape index (κ1) is 29.0. The van der Waals surface area contributed by atoms with E-state index in [4.69, 9.17) is 0 Å². The summed E-state index contributed by atoms with van der Waals surface area (Å²) in [5, 5.41) is 26.4. The van der Waals surface area contributed by atoms with Crippen LogP contribution in [0, 0.1) is 27.7 Å². The predicted octanol–water partition coefficient (Wildman–Crippen LogP) is 4.97. The summed E-state index contributed by atoms with van der Waals surface area (Å²) in [6.07, 6.45) is 5.61. The van der Waals surface area contributed by atoms with Crippen molar-refractivity contribution in [1.29, 1.82) is 0 Å². The Morgan fingerprint density at radius 3 is 1.29 bits per heavy atom. The molecule has 0 saturated carbocycles. The van der Waals surface area contributed by atoms with Crippen LogP contribution in [-0.4, -0.2) is 45.7 Å². The van der Waals surface area contributed by atoms with Crippen molar-refractivity contribution in [2.75, 3.05) is 36.0 Å². The van der Waals surface area contributed by atoms with Gasteiger partial charge < -0.3 is 9.80 Å². The summed E-state index contributed by atoms with van der Waals surface area (Å²) in [6, 6.07) is 8.82. The number of azo groups is 2. The normalized spacial score (nSPS) is 14.8. The SMILES string of the molecule is Cc1cc(N2CCCN(c3cc(C)c(N=Nc4n(C)nc[n+]4C)cc3C)CCC2)c(C)cc1N=Nc1n(C)nc[n+]1C. The van der Waals surface area contributed by atoms with Crippen LogP contribution in [0.5, 0.6) is 0 Å². The van der Waals surface area contributed by atoms with Crippen molar-refractivity contribution in [3.8, 4) is 0 Å². The van der Waals surface area contributed by atoms with Crippen LogP contribution in [-0.2, 0) is 28.2 Å². The lowest BCUT2D eigenvalue weighted by atomic mass is 10.0. The van der Waals surface area contributed by atoms with E-state index in [0.29, 0.717) is 11.9 Å². The van der Waals surface area contributed by atoms with Gasteiger partial charge in [0, 0.05) is 47.8 Å². The molecule has 0 N–H and O–H groups in total. The standard InChI is InChI=1S/C30H42N12/c1-21-17-27(23(3)15-25(21)33-35-29-37(5)19-31-39(29)7)41-11-9-13-42(14-10-12-41)28-18-22(2)26(16-24(28)4)34-36-30-38(6)20-32-40(30)8/h15-20H,9-14H2,1-8H3/q+2. The summed E-state index contributed by atoms with van der Waals surface area (Å²) in [6.45, 7) is 12.6. The van der Waals surface area contributed by atoms with Crippen LogP contribution in [0.25, 0.3) is 0 Å². The van der Waals surface area contributed by atoms with Crippen LogP contribution in [0.15, 0.2) is 57.4 Å². The molecule has 5 rings (SSSR count). The van der Waals surface area contributed by atoms with Gasteiger partial charge in [0.1, 0.15) is 11.4 Å². The predicted molar refractivity (Wildman–Crippen MR) is 163 cm³/mol. The third kappa shape index (κ3) is 6.07. The Kier molecular flexibility index (Phi) is 8.41. The number of hydrogen-bond donors (Lipinski definition) is 0. The Morgan fingerprint density at radius 2 is 0.952 bits per heavy atom. The molecule has 12 heteroatoms. The van der Waals surface area contributed by atoms with E-state index in [1.54, 1.807) is 22.0 Å². The monoisotopic (exact) mass is 570 g/mol. The van der Waals surface area contributed by atoms with Crippen molar-refractivity contribution in [2.45, 2.75) is 40.5 Å². The molecule has 1 fully saturated rings. The molecule has 0 spiro atoms. The molecule has 0 unspecified atom stereocenters. The van der Waals surface area contributed by atoms with Crippen molar-refractivity contribution in [1.82, 2.24) is 19.6 Å². The molecule has 2 aromatic heterocycles. The summed E-state index contributed by atoms with van der Waals surface area (Å²) < 4.78 is 7.15. The van der Waals surface area contributed by atoms with Gasteiger partial charge in [0.25, 0.3) is 0 Å². The Bertz CT molecular complexity index is 1480. The minimum absolute atomic E-state index is 0.702. The topological polar surface area (TPSA) is 99.3 Å². The van der Waals surface area contributed by atoms with E-state index in [1.165, 1.54) is 22.5 Å². The van der Waals surface area contributed by atoms with E-state index < -0.39 is 0 Å². The maximum atomic E-state index is 4.55. The first-order valence-corrected chi connectivity index (χ1v) is 14.4. The Labute approximate surface area is 247 Å². The fourth-order valence-electron chi connectivity index (χ4n) is 5.52. The van der Waals surface area contributed by atoms with Gasteiger partial charge >= 0.3 is 11.9 Å². The Balaban J connectivity index is 1.26. The fraction of sp³-hybridized carbons (Fsp3) is 0.467. The van der Waals surface area contributed by atoms with E-state index in [1.807, 2.05) is 37.3 Å². The third-order valence-electron chi connectivity index (χ3n) is 7.92. The zero-order valence-corrected chi connectivity index (χ0v) is 26.1. The van der Waals surface area contributed by atoms with Crippen molar-refractivity contribution in [3.05, 3.63) is 59.2 Å². The van der Waals surface area contributed by atoms with Gasteiger partial charge in [-0.15, -0.1) is 9.36 Å². The smallest absolute Gasteiger partial charge is 0.371 e. The molecule has 1 aliphatic rings. The molecular formula is C30H42N12+2. The summed E-state index contributed by atoms with van der Waals surface area (Å²) in [5.74, 6) is 1.40. The Morgan fingerprint density at radius 1 is 0.571 bits per heavy atom. The minimum atomic E-state index is 0.702. The lowest BCUT2D eigenvalue weighted by molar-refractivity contribution is -0.659. The van der Waals surface area contributed by atoms with Gasteiger partial charge in [-0.05, 0) is 97.3 Å². The first-order chi connectivity index (χ1) is 20.1. The molecular weight excluding hydrogens is 528 g/mol. The van der Waals surface area contributed by atoms with E-state index in [2.05, 4.69) is 92.4 Å². The average molecular weight is 571 g/mol. The second kappa shape index (κ2) is 12.2. The number of aryl methyl sites for hydroxylation is 8. The highest BCUT2D eigenvalue weighted by Crippen LogP contribution is 2.33. The van der Waals surface area contributed by atoms with Crippen LogP contribution in [0.1, 0.15) is 35.1 Å². The molecule has 3 heterocycles. The average Bonchev–Trinajstić information content (AvgIpc) is 3.43. The maximum Gasteiger partial charge on any atom is 0.403 e. The van der Waals surface area contributed by atoms with Crippen molar-refractivity contribution < 1.29 is 9.13 Å². The van der Waals surface area contributed by atoms with E-state index >= 15 is 0 Å². The van der Waals surface area contributed by atoms with Gasteiger partial charge in [-0.2, -0.15) is 0 Å². The molecule has 220 valence electrons. The zero-order chi connectivity index (χ0) is 30.0. The molecule has 0 bridgehead atoms. The van der Waals surface area contributed by atoms with Crippen LogP contribution in [0.4, 0.5) is 34.6 Å². The van der Waals surface area contributed by atoms with E-state index in [-0.39, 0.29) is 0 Å². The summed E-state index contributed by atoms with van der Waals surface area (Å²) in [7, 11) is 7.57. The summed E-state index contributed by atoms with van der Waals surface area (Å²) >= 11 is 0. The highest BCUT2D eigenvalue weighted by Gasteiger charge is 2.19. The van der Waals surface area contributed by atoms with Crippen molar-refractivity contribution in [2.24, 2.45) is 48.6 Å². The lowest BCUT2D eigenvalue weighted by Gasteiger charge is -2.34. The van der Waals surface area contributed by atoms with Crippen molar-refractivity contribution >= 4 is 34.6 Å². The second-order valence-corrected chi connectivity index (χ2v) is 11.3. The number of hydrogen-bond acceptors (Lipinski definition) is 8. The number of benzene rings is 2. The van der Waals surface area contributed by atoms with Gasteiger partial charge in [0.15, 0.2) is 0 Å². The molecule has 0 amide bonds. The number of aromatic nitrogens is 6. The minimum Gasteiger partial charge on any atom is -0.371 e. The summed E-state index contributed by atoms with van der Waals surface area (Å²) in [5.41, 5.74) is 9.03. The number of anilines is 2. The quantitative estimate of drug-likeness (QED) is 0.241. The molecule has 0 atom stereocenters. The molecule has 1 aliphatic heterocycles. The molecule has 0 aliphatic carbocycles. The molecule has 2 aromatic carbocycles. The van der Waals surface area contributed by atoms with Gasteiger partial charge in [0.2, 0.25) is 12.7 Å². The Hall–Kier alpha value is -4.48. The van der Waals surface area contributed by atoms with E-state index in [0.717, 1.165) is 61.5 Å². The van der Waals surface area contributed by atoms with Crippen LogP contribution >= 0.6 is 0 Å². The third-order valence-corrected chi connectivity index (χ3v) is 7.92. The van der Waals surface area contributed by atoms with Crippen LogP contribution in [0.2, 0.25) is 0 Å². The van der Waals surface area contributed by atoms with Gasteiger partial charge in [0.05, 0.1) is 28.2 Å². The number of nitrogens with zero attached hydrogens (tertiary/aromatic N) is 12. The molecule has 42 heavy (non-hydrogen) atoms. The molecule has 4 aromatic rings. The zero-order valence-electron chi connectivity index (χ0n) is 26.1. The summed E-state index contributed by atoms with van der Waals surface area (Å²) in [4.78, 5) is 5.06. The number of rotatable bonds is 6. The fourth-order valence-corrected chi connectivity index (χ4v) is 5.52. The maximum absolute atomic E-state index is 4.55. The van der Waals surface area contributed by atoms with Crippen molar-refractivity contribution in [3.63, 3.8) is 0 Å². The first-order valence-electron chi connectivity index (χ1n) is 14.4. The highest BCUT2D eigenvalue weighted by atomic mass is 15.4. The van der Waals surface area contributed by atoms with Gasteiger partial charge in [-0.25, -0.2) is 9.13 Å². The molecule has 12 nitrogen and oxygen atoms in total. The van der Waals surface area contributed by atoms with E-state index in [9.17, 15) is 0 Å². The second-order valence-electron chi connectivity index (χ2n) is 11.3. The van der Waals surface area contributed by atoms with Gasteiger partial charge in [-0.1, -0.05) is 10.2 Å². The molecule has 0 radical (unpaired) electrons. The highest BCUT2D eigenvalue weighted by molar-refractivity contribution is 5.64. The van der Waals surface area contributed by atoms with Gasteiger partial charge in [-0.3, -0.25) is 0 Å². The largest absolute Gasteiger partial charge is 0.403 e. The lowest BCUT2D eigenvalue weighted by Crippen LogP contribution is -2.37.